The van der Waals surface area contributed by atoms with E-state index in [0.717, 1.165) is 23.3 Å². The number of benzene rings is 2. The van der Waals surface area contributed by atoms with E-state index in [1.165, 1.54) is 0 Å². The van der Waals surface area contributed by atoms with Crippen LogP contribution in [0.1, 0.15) is 42.5 Å². The Hall–Kier alpha value is -3.00. The molecule has 6 nitrogen and oxygen atoms in total. The number of esters is 1. The maximum atomic E-state index is 14.2. The van der Waals surface area contributed by atoms with Crippen LogP contribution in [0.2, 0.25) is 5.02 Å². The van der Waals surface area contributed by atoms with Crippen molar-refractivity contribution in [2.75, 3.05) is 0 Å². The Kier molecular flexibility index (Phi) is 4.97. The van der Waals surface area contributed by atoms with Gasteiger partial charge in [0, 0.05) is 22.7 Å². The van der Waals surface area contributed by atoms with Gasteiger partial charge in [-0.2, -0.15) is 0 Å². The van der Waals surface area contributed by atoms with Gasteiger partial charge in [-0.1, -0.05) is 17.7 Å². The molecule has 0 spiro atoms. The quantitative estimate of drug-likeness (QED) is 0.536. The van der Waals surface area contributed by atoms with Crippen LogP contribution in [0.25, 0.3) is 11.4 Å². The number of carbonyl (C=O) groups is 1. The molecule has 1 aliphatic rings. The van der Waals surface area contributed by atoms with E-state index in [1.54, 1.807) is 30.5 Å². The van der Waals surface area contributed by atoms with Crippen molar-refractivity contribution in [3.05, 3.63) is 63.9 Å². The predicted molar refractivity (Wildman–Crippen MR) is 105 cm³/mol. The number of nitrogens with zero attached hydrogens (tertiary/aromatic N) is 3. The second kappa shape index (κ2) is 7.36. The molecule has 156 valence electrons. The minimum absolute atomic E-state index is 0.0618. The lowest BCUT2D eigenvalue weighted by Crippen LogP contribution is -2.30. The molecule has 30 heavy (non-hydrogen) atoms. The normalized spacial score (nSPS) is 13.3. The van der Waals surface area contributed by atoms with Crippen LogP contribution in [-0.4, -0.2) is 20.7 Å². The number of rotatable bonds is 5. The Labute approximate surface area is 176 Å². The summed E-state index contributed by atoms with van der Waals surface area (Å²) in [6, 6.07) is 7.25. The molecule has 1 aromatic heterocycles. The highest BCUT2D eigenvalue weighted by Gasteiger charge is 2.33. The average molecular weight is 434 g/mol. The number of halogens is 3. The first-order valence-corrected chi connectivity index (χ1v) is 9.66. The minimum Gasteiger partial charge on any atom is -0.474 e. The zero-order valence-corrected chi connectivity index (χ0v) is 17.3. The van der Waals surface area contributed by atoms with Crippen molar-refractivity contribution in [2.24, 2.45) is 0 Å². The molecule has 0 aliphatic carbocycles. The summed E-state index contributed by atoms with van der Waals surface area (Å²) >= 11 is 5.69. The van der Waals surface area contributed by atoms with Crippen LogP contribution in [0.15, 0.2) is 30.3 Å². The van der Waals surface area contributed by atoms with Gasteiger partial charge in [0.2, 0.25) is 0 Å². The van der Waals surface area contributed by atoms with E-state index in [2.05, 4.69) is 10.2 Å². The molecule has 2 heterocycles. The Morgan fingerprint density at radius 3 is 2.57 bits per heavy atom. The summed E-state index contributed by atoms with van der Waals surface area (Å²) in [5.41, 5.74) is 0.837. The van der Waals surface area contributed by atoms with E-state index < -0.39 is 23.0 Å². The summed E-state index contributed by atoms with van der Waals surface area (Å²) in [7, 11) is 0. The van der Waals surface area contributed by atoms with Crippen LogP contribution in [0.3, 0.4) is 0 Å². The number of carbonyl (C=O) groups excluding carboxylic acids is 1. The predicted octanol–water partition coefficient (Wildman–Crippen LogP) is 4.88. The number of fused-ring (bicyclic) bond motifs is 1. The number of ether oxygens (including phenoxy) is 2. The molecule has 0 fully saturated rings. The van der Waals surface area contributed by atoms with Crippen LogP contribution in [0.4, 0.5) is 8.78 Å². The van der Waals surface area contributed by atoms with E-state index >= 15 is 0 Å². The molecular weight excluding hydrogens is 416 g/mol. The summed E-state index contributed by atoms with van der Waals surface area (Å²) in [6.45, 7) is 5.89. The van der Waals surface area contributed by atoms with Gasteiger partial charge in [-0.05, 0) is 45.0 Å². The van der Waals surface area contributed by atoms with Gasteiger partial charge >= 0.3 is 5.97 Å². The van der Waals surface area contributed by atoms with Gasteiger partial charge in [0.1, 0.15) is 6.61 Å². The average Bonchev–Trinajstić information content (AvgIpc) is 3.28. The van der Waals surface area contributed by atoms with E-state index in [1.807, 2.05) is 13.0 Å². The van der Waals surface area contributed by atoms with Gasteiger partial charge in [-0.25, -0.2) is 13.6 Å². The van der Waals surface area contributed by atoms with Crippen LogP contribution < -0.4 is 4.74 Å². The molecule has 0 unspecified atom stereocenters. The molecule has 0 radical (unpaired) electrons. The SMILES string of the molecule is CCn1c(-c2ccc3c(c2)COC3=O)nnc1C(C)(C)Oc1c(F)cc(Cl)cc1F. The second-order valence-corrected chi connectivity index (χ2v) is 7.79. The van der Waals surface area contributed by atoms with Gasteiger partial charge < -0.3 is 14.0 Å². The van der Waals surface area contributed by atoms with Crippen molar-refractivity contribution in [3.63, 3.8) is 0 Å². The van der Waals surface area contributed by atoms with Gasteiger partial charge in [-0.15, -0.1) is 10.2 Å². The second-order valence-electron chi connectivity index (χ2n) is 7.35. The maximum absolute atomic E-state index is 14.2. The largest absolute Gasteiger partial charge is 0.474 e. The Balaban J connectivity index is 1.72. The molecule has 0 N–H and O–H groups in total. The molecule has 0 saturated carbocycles. The molecule has 2 aromatic carbocycles. The summed E-state index contributed by atoms with van der Waals surface area (Å²) in [5, 5.41) is 8.44. The zero-order valence-electron chi connectivity index (χ0n) is 16.5. The Morgan fingerprint density at radius 1 is 1.20 bits per heavy atom. The third-order valence-corrected chi connectivity index (χ3v) is 5.09. The van der Waals surface area contributed by atoms with Crippen LogP contribution >= 0.6 is 11.6 Å². The van der Waals surface area contributed by atoms with Crippen molar-refractivity contribution >= 4 is 17.6 Å². The molecule has 4 rings (SSSR count). The first-order chi connectivity index (χ1) is 14.2. The number of cyclic esters (lactones) is 1. The number of aromatic nitrogens is 3. The highest BCUT2D eigenvalue weighted by atomic mass is 35.5. The summed E-state index contributed by atoms with van der Waals surface area (Å²) in [6.07, 6.45) is 0. The summed E-state index contributed by atoms with van der Waals surface area (Å²) in [4.78, 5) is 11.7. The fraction of sp³-hybridized carbons (Fsp3) is 0.286. The first kappa shape index (κ1) is 20.3. The zero-order chi connectivity index (χ0) is 21.6. The summed E-state index contributed by atoms with van der Waals surface area (Å²) in [5.74, 6) is -1.76. The standard InChI is InChI=1S/C21H18ClF2N3O3/c1-4-27-18(11-5-6-14-12(7-11)10-29-19(14)28)25-26-20(27)21(2,3)30-17-15(23)8-13(22)9-16(17)24/h5-9H,4,10H2,1-3H3. The third-order valence-electron chi connectivity index (χ3n) is 4.87. The molecule has 9 heteroatoms. The smallest absolute Gasteiger partial charge is 0.338 e. The summed E-state index contributed by atoms with van der Waals surface area (Å²) < 4.78 is 41.0. The van der Waals surface area contributed by atoms with E-state index in [-0.39, 0.29) is 17.6 Å². The minimum atomic E-state index is -1.20. The van der Waals surface area contributed by atoms with Crippen LogP contribution in [-0.2, 0) is 23.5 Å². The van der Waals surface area contributed by atoms with Gasteiger partial charge in [0.25, 0.3) is 0 Å². The van der Waals surface area contributed by atoms with Crippen LogP contribution in [0.5, 0.6) is 5.75 Å². The monoisotopic (exact) mass is 433 g/mol. The highest BCUT2D eigenvalue weighted by molar-refractivity contribution is 6.30. The fourth-order valence-corrected chi connectivity index (χ4v) is 3.65. The highest BCUT2D eigenvalue weighted by Crippen LogP contribution is 2.34. The van der Waals surface area contributed by atoms with E-state index in [9.17, 15) is 13.6 Å². The molecule has 3 aromatic rings. The van der Waals surface area contributed by atoms with E-state index in [0.29, 0.717) is 23.8 Å². The number of hydrogen-bond donors (Lipinski definition) is 0. The Morgan fingerprint density at radius 2 is 1.90 bits per heavy atom. The number of hydrogen-bond acceptors (Lipinski definition) is 5. The lowest BCUT2D eigenvalue weighted by atomic mass is 10.1. The molecule has 0 amide bonds. The molecule has 0 bridgehead atoms. The van der Waals surface area contributed by atoms with Crippen molar-refractivity contribution in [3.8, 4) is 17.1 Å². The fourth-order valence-electron chi connectivity index (χ4n) is 3.46. The van der Waals surface area contributed by atoms with Gasteiger partial charge in [-0.3, -0.25) is 0 Å². The topological polar surface area (TPSA) is 66.2 Å². The Bertz CT molecular complexity index is 1140. The molecule has 0 saturated heterocycles. The van der Waals surface area contributed by atoms with Gasteiger partial charge in [0.05, 0.1) is 5.56 Å². The van der Waals surface area contributed by atoms with Crippen molar-refractivity contribution in [2.45, 2.75) is 39.5 Å². The lowest BCUT2D eigenvalue weighted by Gasteiger charge is -2.26. The van der Waals surface area contributed by atoms with Crippen LogP contribution in [0, 0.1) is 11.6 Å². The molecular formula is C21H18ClF2N3O3. The van der Waals surface area contributed by atoms with Crippen molar-refractivity contribution < 1.29 is 23.0 Å². The third kappa shape index (κ3) is 3.41. The van der Waals surface area contributed by atoms with Gasteiger partial charge in [0.15, 0.2) is 34.6 Å². The van der Waals surface area contributed by atoms with Crippen molar-refractivity contribution in [1.29, 1.82) is 0 Å². The van der Waals surface area contributed by atoms with Crippen molar-refractivity contribution in [1.82, 2.24) is 14.8 Å². The van der Waals surface area contributed by atoms with E-state index in [4.69, 9.17) is 21.1 Å². The molecule has 1 aliphatic heterocycles. The first-order valence-electron chi connectivity index (χ1n) is 9.29. The maximum Gasteiger partial charge on any atom is 0.338 e. The lowest BCUT2D eigenvalue weighted by molar-refractivity contribution is 0.0535. The molecule has 0 atom stereocenters.